The number of hydrogen-bond acceptors (Lipinski definition) is 2. The number of nitrogens with zero attached hydrogens (tertiary/aromatic N) is 2. The molecule has 2 amide bonds. The fourth-order valence-electron chi connectivity index (χ4n) is 4.18. The van der Waals surface area contributed by atoms with Crippen LogP contribution in [0.4, 0.5) is 4.39 Å². The van der Waals surface area contributed by atoms with Crippen LogP contribution in [0.5, 0.6) is 0 Å². The number of amides is 2. The van der Waals surface area contributed by atoms with E-state index in [-0.39, 0.29) is 24.2 Å². The maximum absolute atomic E-state index is 13.4. The first kappa shape index (κ1) is 17.7. The van der Waals surface area contributed by atoms with Crippen molar-refractivity contribution in [2.45, 2.75) is 31.6 Å². The summed E-state index contributed by atoms with van der Waals surface area (Å²) in [5.74, 6) is -0.366. The first-order valence-electron chi connectivity index (χ1n) is 9.39. The van der Waals surface area contributed by atoms with Gasteiger partial charge in [0, 0.05) is 12.7 Å². The lowest BCUT2D eigenvalue weighted by atomic mass is 9.75. The summed E-state index contributed by atoms with van der Waals surface area (Å²) in [6.07, 6.45) is 6.96. The van der Waals surface area contributed by atoms with E-state index in [9.17, 15) is 14.0 Å². The molecular formula is C22H23FN2O2. The number of allylic oxidation sites excluding steroid dienone is 3. The quantitative estimate of drug-likeness (QED) is 0.822. The van der Waals surface area contributed by atoms with Gasteiger partial charge in [-0.25, -0.2) is 4.39 Å². The minimum Gasteiger partial charge on any atom is -0.333 e. The van der Waals surface area contributed by atoms with E-state index in [2.05, 4.69) is 0 Å². The molecule has 140 valence electrons. The second-order valence-corrected chi connectivity index (χ2v) is 7.67. The minimum absolute atomic E-state index is 0.00416. The van der Waals surface area contributed by atoms with Gasteiger partial charge < -0.3 is 9.80 Å². The average molecular weight is 366 g/mol. The lowest BCUT2D eigenvalue weighted by Gasteiger charge is -2.39. The molecule has 0 aromatic heterocycles. The summed E-state index contributed by atoms with van der Waals surface area (Å²) in [7, 11) is 0. The lowest BCUT2D eigenvalue weighted by Crippen LogP contribution is -2.52. The Bertz CT molecular complexity index is 872. The fraction of sp³-hybridized carbons (Fsp3) is 0.364. The van der Waals surface area contributed by atoms with Gasteiger partial charge in [0.15, 0.2) is 0 Å². The fourth-order valence-corrected chi connectivity index (χ4v) is 4.18. The number of piperidine rings is 1. The van der Waals surface area contributed by atoms with Crippen molar-refractivity contribution >= 4 is 11.8 Å². The van der Waals surface area contributed by atoms with Crippen LogP contribution in [-0.4, -0.2) is 41.2 Å². The zero-order valence-electron chi connectivity index (χ0n) is 15.5. The molecule has 2 heterocycles. The molecule has 2 aliphatic heterocycles. The van der Waals surface area contributed by atoms with Gasteiger partial charge in [-0.1, -0.05) is 30.3 Å². The van der Waals surface area contributed by atoms with Crippen LogP contribution in [0.25, 0.3) is 0 Å². The second kappa shape index (κ2) is 6.80. The van der Waals surface area contributed by atoms with Gasteiger partial charge in [0.1, 0.15) is 12.4 Å². The van der Waals surface area contributed by atoms with E-state index in [1.165, 1.54) is 12.2 Å². The highest BCUT2D eigenvalue weighted by Crippen LogP contribution is 2.35. The summed E-state index contributed by atoms with van der Waals surface area (Å²) in [5.41, 5.74) is 2.23. The largest absolute Gasteiger partial charge is 0.333 e. The molecule has 1 aliphatic carbocycles. The summed E-state index contributed by atoms with van der Waals surface area (Å²) in [5, 5.41) is 0. The normalized spacial score (nSPS) is 25.0. The van der Waals surface area contributed by atoms with Crippen molar-refractivity contribution in [3.05, 3.63) is 71.2 Å². The molecule has 3 aliphatic rings. The summed E-state index contributed by atoms with van der Waals surface area (Å²) in [6, 6.07) is 9.78. The molecule has 5 heteroatoms. The summed E-state index contributed by atoms with van der Waals surface area (Å²) in [6.45, 7) is 3.00. The van der Waals surface area contributed by atoms with Crippen LogP contribution in [0.1, 0.15) is 31.7 Å². The topological polar surface area (TPSA) is 40.6 Å². The standard InChI is InChI=1S/C22H23FN2O2/c1-22(18-6-3-2-4-7-18)10-5-11-24(21(22)27)15-20(26)25-13-16-8-9-19(23)12-17(16)14-25/h2-4,6-7,9,12-13H,5,8,10-11,14-15H2,1H3. The maximum atomic E-state index is 13.4. The van der Waals surface area contributed by atoms with E-state index in [1.54, 1.807) is 16.0 Å². The average Bonchev–Trinajstić information content (AvgIpc) is 3.09. The third kappa shape index (κ3) is 3.22. The first-order valence-corrected chi connectivity index (χ1v) is 9.39. The molecular weight excluding hydrogens is 343 g/mol. The monoisotopic (exact) mass is 366 g/mol. The Morgan fingerprint density at radius 3 is 2.78 bits per heavy atom. The van der Waals surface area contributed by atoms with Crippen molar-refractivity contribution in [1.82, 2.24) is 9.80 Å². The van der Waals surface area contributed by atoms with Crippen LogP contribution in [0.3, 0.4) is 0 Å². The van der Waals surface area contributed by atoms with Gasteiger partial charge >= 0.3 is 0 Å². The van der Waals surface area contributed by atoms with Gasteiger partial charge in [0.2, 0.25) is 11.8 Å². The molecule has 0 radical (unpaired) electrons. The maximum Gasteiger partial charge on any atom is 0.246 e. The van der Waals surface area contributed by atoms with Crippen molar-refractivity contribution < 1.29 is 14.0 Å². The smallest absolute Gasteiger partial charge is 0.246 e. The van der Waals surface area contributed by atoms with Gasteiger partial charge in [0.05, 0.1) is 12.0 Å². The Morgan fingerprint density at radius 1 is 1.22 bits per heavy atom. The second-order valence-electron chi connectivity index (χ2n) is 7.67. The highest BCUT2D eigenvalue weighted by Gasteiger charge is 2.42. The SMILES string of the molecule is CC1(c2ccccc2)CCCN(CC(=O)N2C=C3CC=C(F)C=C3C2)C1=O. The van der Waals surface area contributed by atoms with Gasteiger partial charge in [-0.2, -0.15) is 0 Å². The van der Waals surface area contributed by atoms with E-state index in [4.69, 9.17) is 0 Å². The summed E-state index contributed by atoms with van der Waals surface area (Å²) >= 11 is 0. The number of benzene rings is 1. The Labute approximate surface area is 158 Å². The Morgan fingerprint density at radius 2 is 2.00 bits per heavy atom. The van der Waals surface area contributed by atoms with Crippen LogP contribution < -0.4 is 0 Å². The number of fused-ring (bicyclic) bond motifs is 1. The van der Waals surface area contributed by atoms with Gasteiger partial charge in [-0.15, -0.1) is 0 Å². The van der Waals surface area contributed by atoms with Crippen LogP contribution in [-0.2, 0) is 15.0 Å². The van der Waals surface area contributed by atoms with Crippen LogP contribution in [0.15, 0.2) is 65.7 Å². The van der Waals surface area contributed by atoms with Gasteiger partial charge in [-0.05, 0) is 55.0 Å². The highest BCUT2D eigenvalue weighted by molar-refractivity contribution is 5.92. The van der Waals surface area contributed by atoms with Gasteiger partial charge in [-0.3, -0.25) is 9.59 Å². The molecule has 0 N–H and O–H groups in total. The van der Waals surface area contributed by atoms with Crippen molar-refractivity contribution in [3.8, 4) is 0 Å². The van der Waals surface area contributed by atoms with Crippen LogP contribution in [0.2, 0.25) is 0 Å². The number of rotatable bonds is 3. The number of carbonyl (C=O) groups is 2. The summed E-state index contributed by atoms with van der Waals surface area (Å²) in [4.78, 5) is 29.2. The van der Waals surface area contributed by atoms with Crippen molar-refractivity contribution in [2.24, 2.45) is 0 Å². The Hall–Kier alpha value is -2.69. The van der Waals surface area contributed by atoms with Crippen molar-refractivity contribution in [2.75, 3.05) is 19.6 Å². The van der Waals surface area contributed by atoms with E-state index >= 15 is 0 Å². The van der Waals surface area contributed by atoms with E-state index in [0.717, 1.165) is 29.6 Å². The van der Waals surface area contributed by atoms with Crippen LogP contribution in [0, 0.1) is 0 Å². The van der Waals surface area contributed by atoms with E-state index in [0.29, 0.717) is 19.5 Å². The molecule has 4 nitrogen and oxygen atoms in total. The van der Waals surface area contributed by atoms with E-state index in [1.807, 2.05) is 37.3 Å². The third-order valence-electron chi connectivity index (χ3n) is 5.82. The Balaban J connectivity index is 1.47. The van der Waals surface area contributed by atoms with Gasteiger partial charge in [0.25, 0.3) is 0 Å². The third-order valence-corrected chi connectivity index (χ3v) is 5.82. The molecule has 1 saturated heterocycles. The summed E-state index contributed by atoms with van der Waals surface area (Å²) < 4.78 is 13.4. The minimum atomic E-state index is -0.590. The number of halogens is 1. The number of likely N-dealkylation sites (tertiary alicyclic amines) is 1. The molecule has 27 heavy (non-hydrogen) atoms. The van der Waals surface area contributed by atoms with Crippen LogP contribution >= 0.6 is 0 Å². The molecule has 1 atom stereocenters. The molecule has 1 aromatic rings. The van der Waals surface area contributed by atoms with Crippen molar-refractivity contribution in [3.63, 3.8) is 0 Å². The predicted octanol–water partition coefficient (Wildman–Crippen LogP) is 3.48. The molecule has 1 fully saturated rings. The number of hydrogen-bond donors (Lipinski definition) is 0. The first-order chi connectivity index (χ1) is 13.0. The Kier molecular flexibility index (Phi) is 4.46. The van der Waals surface area contributed by atoms with E-state index < -0.39 is 5.41 Å². The molecule has 0 spiro atoms. The molecule has 0 bridgehead atoms. The zero-order chi connectivity index (χ0) is 19.0. The highest BCUT2D eigenvalue weighted by atomic mass is 19.1. The molecule has 4 rings (SSSR count). The molecule has 1 aromatic carbocycles. The van der Waals surface area contributed by atoms with Crippen molar-refractivity contribution in [1.29, 1.82) is 0 Å². The zero-order valence-corrected chi connectivity index (χ0v) is 15.5. The molecule has 0 saturated carbocycles. The number of carbonyl (C=O) groups excluding carboxylic acids is 2. The lowest BCUT2D eigenvalue weighted by molar-refractivity contribution is -0.145. The predicted molar refractivity (Wildman–Crippen MR) is 101 cm³/mol. The molecule has 1 unspecified atom stereocenters.